The van der Waals surface area contributed by atoms with Crippen LogP contribution in [-0.4, -0.2) is 20.7 Å². The average molecular weight is 429 g/mol. The number of rotatable bonds is 3. The number of carbonyl (C=O) groups excluding carboxylic acids is 1. The van der Waals surface area contributed by atoms with Gasteiger partial charge in [-0.25, -0.2) is 14.1 Å². The first-order valence-corrected chi connectivity index (χ1v) is 9.10. The summed E-state index contributed by atoms with van der Waals surface area (Å²) in [7, 11) is 0. The lowest BCUT2D eigenvalue weighted by molar-refractivity contribution is 0.101. The number of amides is 1. The molecular weight excluding hydrogens is 418 g/mol. The van der Waals surface area contributed by atoms with Gasteiger partial charge in [-0.05, 0) is 42.5 Å². The van der Waals surface area contributed by atoms with Gasteiger partial charge in [0.15, 0.2) is 5.69 Å². The normalized spacial score (nSPS) is 10.9. The average Bonchev–Trinajstić information content (AvgIpc) is 2.71. The lowest BCUT2D eigenvalue weighted by atomic mass is 10.2. The van der Waals surface area contributed by atoms with Crippen LogP contribution in [0.25, 0.3) is 16.6 Å². The number of halogens is 3. The summed E-state index contributed by atoms with van der Waals surface area (Å²) in [6, 6.07) is 13.2. The molecule has 4 rings (SSSR count). The number of pyridine rings is 1. The van der Waals surface area contributed by atoms with Gasteiger partial charge in [0.05, 0.1) is 21.2 Å². The monoisotopic (exact) mass is 428 g/mol. The fourth-order valence-corrected chi connectivity index (χ4v) is 3.14. The third-order valence-corrected chi connectivity index (χ3v) is 4.73. The maximum absolute atomic E-state index is 13.5. The Morgan fingerprint density at radius 1 is 1.03 bits per heavy atom. The van der Waals surface area contributed by atoms with Crippen molar-refractivity contribution in [3.05, 3.63) is 92.6 Å². The highest BCUT2D eigenvalue weighted by Gasteiger charge is 2.15. The van der Waals surface area contributed by atoms with Crippen molar-refractivity contribution >= 4 is 45.8 Å². The fourth-order valence-electron chi connectivity index (χ4n) is 2.72. The zero-order chi connectivity index (χ0) is 20.5. The van der Waals surface area contributed by atoms with Gasteiger partial charge in [-0.3, -0.25) is 9.59 Å². The highest BCUT2D eigenvalue weighted by molar-refractivity contribution is 6.39. The minimum Gasteiger partial charge on any atom is -0.305 e. The van der Waals surface area contributed by atoms with Crippen molar-refractivity contribution < 1.29 is 9.18 Å². The van der Waals surface area contributed by atoms with Crippen LogP contribution in [0.1, 0.15) is 10.5 Å². The van der Waals surface area contributed by atoms with Crippen molar-refractivity contribution in [1.82, 2.24) is 14.8 Å². The molecule has 2 aromatic heterocycles. The van der Waals surface area contributed by atoms with E-state index in [9.17, 15) is 14.0 Å². The molecular formula is C20H11Cl2FN4O2. The number of carbonyl (C=O) groups is 1. The molecule has 0 radical (unpaired) electrons. The first-order chi connectivity index (χ1) is 13.9. The Balaban J connectivity index is 1.68. The van der Waals surface area contributed by atoms with Crippen LogP contribution in [0.5, 0.6) is 0 Å². The van der Waals surface area contributed by atoms with E-state index in [1.165, 1.54) is 41.2 Å². The predicted molar refractivity (Wildman–Crippen MR) is 110 cm³/mol. The highest BCUT2D eigenvalue weighted by atomic mass is 35.5. The number of hydrogen-bond acceptors (Lipinski definition) is 4. The van der Waals surface area contributed by atoms with Gasteiger partial charge >= 0.3 is 0 Å². The summed E-state index contributed by atoms with van der Waals surface area (Å²) in [6.07, 6.45) is 1.35. The smallest absolute Gasteiger partial charge is 0.281 e. The molecule has 0 atom stereocenters. The molecule has 1 amide bonds. The van der Waals surface area contributed by atoms with Gasteiger partial charge in [0.2, 0.25) is 5.43 Å². The first kappa shape index (κ1) is 19.0. The van der Waals surface area contributed by atoms with Crippen molar-refractivity contribution in [1.29, 1.82) is 0 Å². The fraction of sp³-hybridized carbons (Fsp3) is 0. The molecule has 9 heteroatoms. The SMILES string of the molecule is O=C(Nc1ccc2c(Cl)ccc(Cl)c2n1)c1nn(-c2cccc(F)c2)ccc1=O. The zero-order valence-corrected chi connectivity index (χ0v) is 16.1. The zero-order valence-electron chi connectivity index (χ0n) is 14.6. The van der Waals surface area contributed by atoms with E-state index in [0.29, 0.717) is 26.6 Å². The van der Waals surface area contributed by atoms with Crippen molar-refractivity contribution in [3.8, 4) is 5.69 Å². The molecule has 0 saturated heterocycles. The van der Waals surface area contributed by atoms with E-state index in [1.807, 2.05) is 0 Å². The molecule has 1 N–H and O–H groups in total. The van der Waals surface area contributed by atoms with Crippen molar-refractivity contribution in [3.63, 3.8) is 0 Å². The van der Waals surface area contributed by atoms with Gasteiger partial charge in [0.1, 0.15) is 11.6 Å². The van der Waals surface area contributed by atoms with Crippen LogP contribution in [0.4, 0.5) is 10.2 Å². The van der Waals surface area contributed by atoms with Crippen molar-refractivity contribution in [2.75, 3.05) is 5.32 Å². The quantitative estimate of drug-likeness (QED) is 0.521. The molecule has 0 aliphatic carbocycles. The number of nitrogens with one attached hydrogen (secondary N) is 1. The lowest BCUT2D eigenvalue weighted by Gasteiger charge is -2.09. The van der Waals surface area contributed by atoms with Crippen LogP contribution in [0, 0.1) is 5.82 Å². The molecule has 4 aromatic rings. The molecule has 29 heavy (non-hydrogen) atoms. The summed E-state index contributed by atoms with van der Waals surface area (Å²) in [6.45, 7) is 0. The van der Waals surface area contributed by atoms with Crippen molar-refractivity contribution in [2.24, 2.45) is 0 Å². The number of anilines is 1. The Bertz CT molecular complexity index is 1320. The predicted octanol–water partition coefficient (Wildman–Crippen LogP) is 4.48. The van der Waals surface area contributed by atoms with Gasteiger partial charge in [-0.2, -0.15) is 5.10 Å². The van der Waals surface area contributed by atoms with Crippen LogP contribution in [0.3, 0.4) is 0 Å². The summed E-state index contributed by atoms with van der Waals surface area (Å²) in [5.74, 6) is -1.05. The van der Waals surface area contributed by atoms with Gasteiger partial charge in [0.25, 0.3) is 5.91 Å². The summed E-state index contributed by atoms with van der Waals surface area (Å²) in [5.41, 5.74) is -0.174. The standard InChI is InChI=1S/C20H11Cl2FN4O2/c21-14-5-6-15(22)18-13(14)4-7-17(24-18)25-20(29)19-16(28)8-9-27(26-19)12-3-1-2-11(23)10-12/h1-10H,(H,24,25,29). The molecule has 144 valence electrons. The van der Waals surface area contributed by atoms with E-state index in [0.717, 1.165) is 0 Å². The number of hydrogen-bond donors (Lipinski definition) is 1. The third kappa shape index (κ3) is 3.83. The number of nitrogens with zero attached hydrogens (tertiary/aromatic N) is 3. The van der Waals surface area contributed by atoms with E-state index >= 15 is 0 Å². The minimum absolute atomic E-state index is 0.175. The Morgan fingerprint density at radius 2 is 1.83 bits per heavy atom. The van der Waals surface area contributed by atoms with Crippen LogP contribution in [-0.2, 0) is 0 Å². The summed E-state index contributed by atoms with van der Waals surface area (Å²) < 4.78 is 14.7. The second-order valence-corrected chi connectivity index (χ2v) is 6.84. The summed E-state index contributed by atoms with van der Waals surface area (Å²) in [5, 5.41) is 8.02. The lowest BCUT2D eigenvalue weighted by Crippen LogP contribution is -2.25. The van der Waals surface area contributed by atoms with E-state index in [2.05, 4.69) is 15.4 Å². The second-order valence-electron chi connectivity index (χ2n) is 6.03. The topological polar surface area (TPSA) is 76.9 Å². The van der Waals surface area contributed by atoms with Crippen LogP contribution in [0.15, 0.2) is 65.6 Å². The van der Waals surface area contributed by atoms with Crippen LogP contribution < -0.4 is 10.7 Å². The molecule has 0 spiro atoms. The summed E-state index contributed by atoms with van der Waals surface area (Å²) in [4.78, 5) is 29.0. The molecule has 0 saturated carbocycles. The van der Waals surface area contributed by atoms with Crippen molar-refractivity contribution in [2.45, 2.75) is 0 Å². The van der Waals surface area contributed by atoms with Gasteiger partial charge in [-0.1, -0.05) is 29.3 Å². The molecule has 2 aromatic carbocycles. The van der Waals surface area contributed by atoms with E-state index in [1.54, 1.807) is 24.3 Å². The third-order valence-electron chi connectivity index (χ3n) is 4.09. The Morgan fingerprint density at radius 3 is 2.62 bits per heavy atom. The molecule has 0 aliphatic heterocycles. The van der Waals surface area contributed by atoms with Crippen LogP contribution in [0.2, 0.25) is 10.0 Å². The Hall–Kier alpha value is -3.29. The van der Waals surface area contributed by atoms with Gasteiger partial charge < -0.3 is 5.32 Å². The molecule has 0 bridgehead atoms. The number of aromatic nitrogens is 3. The summed E-state index contributed by atoms with van der Waals surface area (Å²) >= 11 is 12.3. The molecule has 0 fully saturated rings. The largest absolute Gasteiger partial charge is 0.305 e. The Kier molecular flexibility index (Phi) is 5.00. The molecule has 6 nitrogen and oxygen atoms in total. The number of benzene rings is 2. The second kappa shape index (κ2) is 7.62. The molecule has 0 aliphatic rings. The van der Waals surface area contributed by atoms with E-state index in [4.69, 9.17) is 23.2 Å². The Labute approximate surface area is 173 Å². The number of fused-ring (bicyclic) bond motifs is 1. The first-order valence-electron chi connectivity index (χ1n) is 8.34. The van der Waals surface area contributed by atoms with Crippen LogP contribution >= 0.6 is 23.2 Å². The minimum atomic E-state index is -0.759. The maximum Gasteiger partial charge on any atom is 0.281 e. The molecule has 0 unspecified atom stereocenters. The maximum atomic E-state index is 13.5. The van der Waals surface area contributed by atoms with E-state index in [-0.39, 0.29) is 11.5 Å². The van der Waals surface area contributed by atoms with Gasteiger partial charge in [-0.15, -0.1) is 0 Å². The highest BCUT2D eigenvalue weighted by Crippen LogP contribution is 2.29. The molecule has 2 heterocycles. The van der Waals surface area contributed by atoms with Gasteiger partial charge in [0, 0.05) is 17.6 Å². The van der Waals surface area contributed by atoms with E-state index < -0.39 is 17.2 Å².